The molecule has 2 aromatic carbocycles. The van der Waals surface area contributed by atoms with Crippen LogP contribution in [0.1, 0.15) is 16.7 Å². The van der Waals surface area contributed by atoms with Crippen LogP contribution in [0.2, 0.25) is 5.02 Å². The van der Waals surface area contributed by atoms with E-state index in [0.29, 0.717) is 6.54 Å². The molecule has 0 radical (unpaired) electrons. The summed E-state index contributed by atoms with van der Waals surface area (Å²) in [6.07, 6.45) is 1.07. The van der Waals surface area contributed by atoms with Gasteiger partial charge in [-0.2, -0.15) is 0 Å². The van der Waals surface area contributed by atoms with Crippen molar-refractivity contribution in [2.75, 3.05) is 13.6 Å². The highest BCUT2D eigenvalue weighted by Gasteiger charge is 2.18. The average Bonchev–Trinajstić information content (AvgIpc) is 2.46. The largest absolute Gasteiger partial charge is 0.326 e. The number of hydrogen-bond donors (Lipinski definition) is 1. The summed E-state index contributed by atoms with van der Waals surface area (Å²) in [5, 5.41) is 0.812. The number of nitrogens with zero attached hydrogens (tertiary/aromatic N) is 1. The lowest BCUT2D eigenvalue weighted by Crippen LogP contribution is -2.26. The number of benzene rings is 2. The molecule has 0 amide bonds. The molecule has 3 heteroatoms. The van der Waals surface area contributed by atoms with Crippen molar-refractivity contribution in [2.45, 2.75) is 19.5 Å². The van der Waals surface area contributed by atoms with Gasteiger partial charge in [-0.25, -0.2) is 0 Å². The summed E-state index contributed by atoms with van der Waals surface area (Å²) in [5.41, 5.74) is 12.2. The SMILES string of the molecule is CN1CCc2c(cc(Cl)cc2-c2cccc(CN)c2)C1. The minimum absolute atomic E-state index is 0.569. The highest BCUT2D eigenvalue weighted by atomic mass is 35.5. The predicted octanol–water partition coefficient (Wildman–Crippen LogP) is 3.45. The molecule has 1 heterocycles. The quantitative estimate of drug-likeness (QED) is 0.916. The lowest BCUT2D eigenvalue weighted by atomic mass is 9.90. The van der Waals surface area contributed by atoms with Crippen LogP contribution >= 0.6 is 11.6 Å². The van der Waals surface area contributed by atoms with Crippen molar-refractivity contribution < 1.29 is 0 Å². The first kappa shape index (κ1) is 13.6. The van der Waals surface area contributed by atoms with E-state index in [1.165, 1.54) is 22.3 Å². The zero-order valence-corrected chi connectivity index (χ0v) is 12.5. The fourth-order valence-electron chi connectivity index (χ4n) is 2.93. The van der Waals surface area contributed by atoms with E-state index in [4.69, 9.17) is 17.3 Å². The molecule has 0 saturated carbocycles. The topological polar surface area (TPSA) is 29.3 Å². The van der Waals surface area contributed by atoms with Crippen molar-refractivity contribution in [3.8, 4) is 11.1 Å². The maximum absolute atomic E-state index is 6.31. The Hall–Kier alpha value is -1.35. The Morgan fingerprint density at radius 3 is 2.90 bits per heavy atom. The fourth-order valence-corrected chi connectivity index (χ4v) is 3.17. The third-order valence-corrected chi connectivity index (χ3v) is 4.18. The molecule has 2 N–H and O–H groups in total. The second-order valence-corrected chi connectivity index (χ2v) is 5.92. The molecule has 0 aromatic heterocycles. The summed E-state index contributed by atoms with van der Waals surface area (Å²) in [6.45, 7) is 2.64. The lowest BCUT2D eigenvalue weighted by Gasteiger charge is -2.27. The van der Waals surface area contributed by atoms with Crippen LogP contribution in [0.3, 0.4) is 0 Å². The normalized spacial score (nSPS) is 15.2. The molecule has 2 aromatic rings. The van der Waals surface area contributed by atoms with Crippen LogP contribution in [0, 0.1) is 0 Å². The van der Waals surface area contributed by atoms with E-state index < -0.39 is 0 Å². The zero-order valence-electron chi connectivity index (χ0n) is 11.7. The van der Waals surface area contributed by atoms with Gasteiger partial charge in [-0.3, -0.25) is 0 Å². The van der Waals surface area contributed by atoms with Crippen LogP contribution in [0.5, 0.6) is 0 Å². The molecule has 0 saturated heterocycles. The summed E-state index contributed by atoms with van der Waals surface area (Å²) in [6, 6.07) is 12.6. The minimum Gasteiger partial charge on any atom is -0.326 e. The highest BCUT2D eigenvalue weighted by Crippen LogP contribution is 2.33. The molecule has 1 aliphatic heterocycles. The number of halogens is 1. The second kappa shape index (κ2) is 5.57. The first-order chi connectivity index (χ1) is 9.67. The summed E-state index contributed by atoms with van der Waals surface area (Å²) in [4.78, 5) is 2.33. The van der Waals surface area contributed by atoms with Crippen molar-refractivity contribution in [1.29, 1.82) is 0 Å². The number of nitrogens with two attached hydrogens (primary N) is 1. The molecule has 0 unspecified atom stereocenters. The predicted molar refractivity (Wildman–Crippen MR) is 84.8 cm³/mol. The van der Waals surface area contributed by atoms with Gasteiger partial charge in [0.15, 0.2) is 0 Å². The van der Waals surface area contributed by atoms with Gasteiger partial charge in [-0.1, -0.05) is 29.8 Å². The lowest BCUT2D eigenvalue weighted by molar-refractivity contribution is 0.313. The van der Waals surface area contributed by atoms with Crippen LogP contribution in [0.25, 0.3) is 11.1 Å². The molecule has 1 aliphatic rings. The molecule has 0 spiro atoms. The van der Waals surface area contributed by atoms with Gasteiger partial charge in [0.2, 0.25) is 0 Å². The van der Waals surface area contributed by atoms with Crippen molar-refractivity contribution in [3.05, 3.63) is 58.1 Å². The van der Waals surface area contributed by atoms with E-state index in [1.54, 1.807) is 0 Å². The van der Waals surface area contributed by atoms with Gasteiger partial charge >= 0.3 is 0 Å². The van der Waals surface area contributed by atoms with Gasteiger partial charge in [-0.05, 0) is 59.5 Å². The van der Waals surface area contributed by atoms with Crippen LogP contribution < -0.4 is 5.73 Å². The van der Waals surface area contributed by atoms with Gasteiger partial charge in [0.1, 0.15) is 0 Å². The van der Waals surface area contributed by atoms with Crippen LogP contribution in [0.15, 0.2) is 36.4 Å². The summed E-state index contributed by atoms with van der Waals surface area (Å²) < 4.78 is 0. The van der Waals surface area contributed by atoms with Crippen molar-refractivity contribution in [2.24, 2.45) is 5.73 Å². The number of likely N-dealkylation sites (N-methyl/N-ethyl adjacent to an activating group) is 1. The second-order valence-electron chi connectivity index (χ2n) is 5.48. The highest BCUT2D eigenvalue weighted by molar-refractivity contribution is 6.31. The van der Waals surface area contributed by atoms with E-state index in [9.17, 15) is 0 Å². The maximum Gasteiger partial charge on any atom is 0.0415 e. The molecule has 0 aliphatic carbocycles. The van der Waals surface area contributed by atoms with Gasteiger partial charge in [0, 0.05) is 24.7 Å². The van der Waals surface area contributed by atoms with Gasteiger partial charge in [-0.15, -0.1) is 0 Å². The van der Waals surface area contributed by atoms with E-state index >= 15 is 0 Å². The minimum atomic E-state index is 0.569. The Morgan fingerprint density at radius 2 is 2.10 bits per heavy atom. The Bertz CT molecular complexity index is 637. The molecular weight excluding hydrogens is 268 g/mol. The molecular formula is C17H19ClN2. The molecule has 104 valence electrons. The smallest absolute Gasteiger partial charge is 0.0415 e. The van der Waals surface area contributed by atoms with Crippen LogP contribution in [0.4, 0.5) is 0 Å². The Morgan fingerprint density at radius 1 is 1.25 bits per heavy atom. The first-order valence-electron chi connectivity index (χ1n) is 6.96. The van der Waals surface area contributed by atoms with Gasteiger partial charge < -0.3 is 10.6 Å². The summed E-state index contributed by atoms with van der Waals surface area (Å²) in [7, 11) is 2.15. The standard InChI is InChI=1S/C17H19ClN2/c1-20-6-5-16-14(11-20)8-15(18)9-17(16)13-4-2-3-12(7-13)10-19/h2-4,7-9H,5-6,10-11,19H2,1H3. The third-order valence-electron chi connectivity index (χ3n) is 3.96. The fraction of sp³-hybridized carbons (Fsp3) is 0.294. The Balaban J connectivity index is 2.13. The number of fused-ring (bicyclic) bond motifs is 1. The Labute approximate surface area is 125 Å². The van der Waals surface area contributed by atoms with Crippen molar-refractivity contribution in [3.63, 3.8) is 0 Å². The summed E-state index contributed by atoms with van der Waals surface area (Å²) in [5.74, 6) is 0. The maximum atomic E-state index is 6.31. The molecule has 0 atom stereocenters. The molecule has 20 heavy (non-hydrogen) atoms. The summed E-state index contributed by atoms with van der Waals surface area (Å²) >= 11 is 6.31. The van der Waals surface area contributed by atoms with Gasteiger partial charge in [0.05, 0.1) is 0 Å². The average molecular weight is 287 g/mol. The number of rotatable bonds is 2. The van der Waals surface area contributed by atoms with Crippen LogP contribution in [-0.4, -0.2) is 18.5 Å². The molecule has 0 fully saturated rings. The van der Waals surface area contributed by atoms with E-state index in [1.807, 2.05) is 0 Å². The first-order valence-corrected chi connectivity index (χ1v) is 7.34. The van der Waals surface area contributed by atoms with Crippen molar-refractivity contribution in [1.82, 2.24) is 4.90 Å². The van der Waals surface area contributed by atoms with Crippen LogP contribution in [-0.2, 0) is 19.5 Å². The van der Waals surface area contributed by atoms with E-state index in [0.717, 1.165) is 30.1 Å². The zero-order chi connectivity index (χ0) is 14.1. The third kappa shape index (κ3) is 2.59. The molecule has 2 nitrogen and oxygen atoms in total. The number of hydrogen-bond acceptors (Lipinski definition) is 2. The van der Waals surface area contributed by atoms with Crippen molar-refractivity contribution >= 4 is 11.6 Å². The van der Waals surface area contributed by atoms with E-state index in [-0.39, 0.29) is 0 Å². The van der Waals surface area contributed by atoms with E-state index in [2.05, 4.69) is 48.3 Å². The Kier molecular flexibility index (Phi) is 3.79. The molecule has 0 bridgehead atoms. The monoisotopic (exact) mass is 286 g/mol. The molecule has 3 rings (SSSR count). The van der Waals surface area contributed by atoms with Gasteiger partial charge in [0.25, 0.3) is 0 Å².